The predicted molar refractivity (Wildman–Crippen MR) is 82.2 cm³/mol. The Morgan fingerprint density at radius 2 is 1.81 bits per heavy atom. The van der Waals surface area contributed by atoms with Gasteiger partial charge in [-0.2, -0.15) is 0 Å². The summed E-state index contributed by atoms with van der Waals surface area (Å²) in [6, 6.07) is 0. The smallest absolute Gasteiger partial charge is 0.0137 e. The lowest BCUT2D eigenvalue weighted by Crippen LogP contribution is -2.15. The number of halogens is 1. The summed E-state index contributed by atoms with van der Waals surface area (Å²) in [5, 5.41) is 0. The van der Waals surface area contributed by atoms with Gasteiger partial charge in [-0.15, -0.1) is 24.0 Å². The van der Waals surface area contributed by atoms with Crippen molar-refractivity contribution in [2.45, 2.75) is 59.3 Å². The SMILES string of the molecule is CC.CC1C2=C(C=C3CCCC31)CCC2.I. The monoisotopic (exact) mass is 332 g/mol. The van der Waals surface area contributed by atoms with Crippen LogP contribution in [0.1, 0.15) is 59.3 Å². The molecule has 0 N–H and O–H groups in total. The molecule has 92 valence electrons. The van der Waals surface area contributed by atoms with Crippen molar-refractivity contribution < 1.29 is 0 Å². The summed E-state index contributed by atoms with van der Waals surface area (Å²) in [7, 11) is 0. The van der Waals surface area contributed by atoms with Gasteiger partial charge in [0.05, 0.1) is 0 Å². The second-order valence-corrected chi connectivity index (χ2v) is 4.91. The average Bonchev–Trinajstić information content (AvgIpc) is 2.89. The van der Waals surface area contributed by atoms with E-state index in [-0.39, 0.29) is 24.0 Å². The molecule has 1 saturated carbocycles. The molecule has 0 spiro atoms. The van der Waals surface area contributed by atoms with Crippen LogP contribution in [0.15, 0.2) is 22.8 Å². The van der Waals surface area contributed by atoms with Crippen molar-refractivity contribution in [2.24, 2.45) is 11.8 Å². The minimum absolute atomic E-state index is 0. The molecule has 0 aromatic rings. The third-order valence-corrected chi connectivity index (χ3v) is 4.27. The Kier molecular flexibility index (Phi) is 5.55. The first-order valence-corrected chi connectivity index (χ1v) is 6.78. The maximum absolute atomic E-state index is 2.56. The Balaban J connectivity index is 0.000000406. The Bertz CT molecular complexity index is 299. The molecule has 3 rings (SSSR count). The highest BCUT2D eigenvalue weighted by molar-refractivity contribution is 14.0. The van der Waals surface area contributed by atoms with Gasteiger partial charge < -0.3 is 0 Å². The van der Waals surface area contributed by atoms with Gasteiger partial charge in [0.25, 0.3) is 0 Å². The summed E-state index contributed by atoms with van der Waals surface area (Å²) in [5.74, 6) is 1.83. The van der Waals surface area contributed by atoms with Crippen molar-refractivity contribution >= 4 is 24.0 Å². The van der Waals surface area contributed by atoms with Crippen molar-refractivity contribution in [1.29, 1.82) is 0 Å². The van der Waals surface area contributed by atoms with E-state index in [1.165, 1.54) is 38.5 Å². The molecule has 0 radical (unpaired) electrons. The van der Waals surface area contributed by atoms with Crippen molar-refractivity contribution in [2.75, 3.05) is 0 Å². The van der Waals surface area contributed by atoms with E-state index < -0.39 is 0 Å². The van der Waals surface area contributed by atoms with Crippen LogP contribution in [0.25, 0.3) is 0 Å². The molecule has 0 saturated heterocycles. The van der Waals surface area contributed by atoms with Crippen LogP contribution in [0.4, 0.5) is 0 Å². The normalized spacial score (nSPS) is 30.8. The predicted octanol–water partition coefficient (Wildman–Crippen LogP) is 5.49. The second-order valence-electron chi connectivity index (χ2n) is 4.91. The first kappa shape index (κ1) is 14.3. The Hall–Kier alpha value is 0.210. The molecular formula is C15H25I. The van der Waals surface area contributed by atoms with Crippen LogP contribution in [-0.4, -0.2) is 0 Å². The van der Waals surface area contributed by atoms with Crippen LogP contribution in [-0.2, 0) is 0 Å². The fraction of sp³-hybridized carbons (Fsp3) is 0.733. The first-order chi connectivity index (χ1) is 7.36. The lowest BCUT2D eigenvalue weighted by molar-refractivity contribution is 0.459. The van der Waals surface area contributed by atoms with Crippen molar-refractivity contribution in [3.63, 3.8) is 0 Å². The van der Waals surface area contributed by atoms with Gasteiger partial charge in [-0.3, -0.25) is 0 Å². The van der Waals surface area contributed by atoms with Crippen LogP contribution in [0.2, 0.25) is 0 Å². The highest BCUT2D eigenvalue weighted by Crippen LogP contribution is 2.48. The fourth-order valence-corrected chi connectivity index (χ4v) is 3.59. The van der Waals surface area contributed by atoms with Crippen molar-refractivity contribution in [3.8, 4) is 0 Å². The highest BCUT2D eigenvalue weighted by Gasteiger charge is 2.34. The minimum Gasteiger partial charge on any atom is -0.107 e. The maximum Gasteiger partial charge on any atom is -0.0137 e. The molecule has 1 fully saturated rings. The Morgan fingerprint density at radius 3 is 2.56 bits per heavy atom. The van der Waals surface area contributed by atoms with Crippen LogP contribution >= 0.6 is 24.0 Å². The topological polar surface area (TPSA) is 0 Å². The van der Waals surface area contributed by atoms with E-state index in [4.69, 9.17) is 0 Å². The average molecular weight is 332 g/mol. The number of hydrogen-bond acceptors (Lipinski definition) is 0. The molecule has 3 aliphatic carbocycles. The fourth-order valence-electron chi connectivity index (χ4n) is 3.59. The van der Waals surface area contributed by atoms with Crippen LogP contribution in [0.3, 0.4) is 0 Å². The number of rotatable bonds is 0. The summed E-state index contributed by atoms with van der Waals surface area (Å²) in [6.45, 7) is 6.46. The molecule has 0 aromatic heterocycles. The van der Waals surface area contributed by atoms with E-state index in [0.29, 0.717) is 0 Å². The summed E-state index contributed by atoms with van der Waals surface area (Å²) in [4.78, 5) is 0. The summed E-state index contributed by atoms with van der Waals surface area (Å²) in [6.07, 6.45) is 11.1. The number of allylic oxidation sites excluding steroid dienone is 4. The molecule has 3 aliphatic rings. The summed E-state index contributed by atoms with van der Waals surface area (Å²) in [5.41, 5.74) is 5.32. The maximum atomic E-state index is 2.56. The van der Waals surface area contributed by atoms with E-state index in [1.54, 1.807) is 11.1 Å². The number of fused-ring (bicyclic) bond motifs is 1. The lowest BCUT2D eigenvalue weighted by atomic mass is 9.78. The van der Waals surface area contributed by atoms with E-state index in [1.807, 2.05) is 19.4 Å². The molecule has 0 aliphatic heterocycles. The van der Waals surface area contributed by atoms with Crippen LogP contribution in [0, 0.1) is 11.8 Å². The minimum atomic E-state index is 0. The molecule has 2 atom stereocenters. The summed E-state index contributed by atoms with van der Waals surface area (Å²) >= 11 is 0. The third-order valence-electron chi connectivity index (χ3n) is 4.27. The highest BCUT2D eigenvalue weighted by atomic mass is 127. The summed E-state index contributed by atoms with van der Waals surface area (Å²) < 4.78 is 0. The zero-order chi connectivity index (χ0) is 10.8. The van der Waals surface area contributed by atoms with E-state index in [0.717, 1.165) is 11.8 Å². The molecule has 1 heteroatoms. The molecule has 0 nitrogen and oxygen atoms in total. The van der Waals surface area contributed by atoms with E-state index in [9.17, 15) is 0 Å². The third kappa shape index (κ3) is 2.39. The van der Waals surface area contributed by atoms with Crippen LogP contribution < -0.4 is 0 Å². The van der Waals surface area contributed by atoms with E-state index in [2.05, 4.69) is 13.0 Å². The standard InChI is InChI=1S/C13H18.C2H6.HI/c1-9-12-6-2-4-10(12)8-11-5-3-7-13(9)11;1-2;/h8-9,12H,2-7H2,1H3;1-2H3;1H. The largest absolute Gasteiger partial charge is 0.107 e. The van der Waals surface area contributed by atoms with Gasteiger partial charge in [-0.05, 0) is 55.9 Å². The second kappa shape index (κ2) is 6.23. The van der Waals surface area contributed by atoms with Gasteiger partial charge in [0.15, 0.2) is 0 Å². The zero-order valence-electron chi connectivity index (χ0n) is 10.9. The van der Waals surface area contributed by atoms with Gasteiger partial charge in [0, 0.05) is 0 Å². The quantitative estimate of drug-likeness (QED) is 0.515. The van der Waals surface area contributed by atoms with Gasteiger partial charge >= 0.3 is 0 Å². The Morgan fingerprint density at radius 1 is 1.06 bits per heavy atom. The lowest BCUT2D eigenvalue weighted by Gasteiger charge is -2.27. The molecule has 0 heterocycles. The number of hydrogen-bond donors (Lipinski definition) is 0. The van der Waals surface area contributed by atoms with Crippen molar-refractivity contribution in [3.05, 3.63) is 22.8 Å². The molecule has 0 bridgehead atoms. The van der Waals surface area contributed by atoms with E-state index >= 15 is 0 Å². The van der Waals surface area contributed by atoms with Crippen LogP contribution in [0.5, 0.6) is 0 Å². The molecule has 0 aromatic carbocycles. The zero-order valence-corrected chi connectivity index (χ0v) is 13.2. The first-order valence-electron chi connectivity index (χ1n) is 6.78. The van der Waals surface area contributed by atoms with Gasteiger partial charge in [-0.25, -0.2) is 0 Å². The Labute approximate surface area is 118 Å². The van der Waals surface area contributed by atoms with Gasteiger partial charge in [-0.1, -0.05) is 38.0 Å². The molecule has 2 unspecified atom stereocenters. The van der Waals surface area contributed by atoms with Crippen molar-refractivity contribution in [1.82, 2.24) is 0 Å². The molecule has 0 amide bonds. The van der Waals surface area contributed by atoms with Gasteiger partial charge in [0.1, 0.15) is 0 Å². The molecule has 16 heavy (non-hydrogen) atoms. The van der Waals surface area contributed by atoms with Gasteiger partial charge in [0.2, 0.25) is 0 Å². The molecular weight excluding hydrogens is 307 g/mol.